The smallest absolute Gasteiger partial charge is 0.433 e. The number of fused-ring (bicyclic) bond motifs is 2. The molecule has 1 aliphatic heterocycles. The van der Waals surface area contributed by atoms with Crippen LogP contribution in [-0.2, 0) is 18.0 Å². The van der Waals surface area contributed by atoms with Gasteiger partial charge in [-0.25, -0.2) is 19.5 Å². The Morgan fingerprint density at radius 3 is 2.71 bits per heavy atom. The van der Waals surface area contributed by atoms with E-state index in [-0.39, 0.29) is 39.1 Å². The number of pyridine rings is 2. The highest BCUT2D eigenvalue weighted by atomic mass is 35.5. The Morgan fingerprint density at radius 2 is 1.95 bits per heavy atom. The lowest BCUT2D eigenvalue weighted by Gasteiger charge is -2.15. The second-order valence-corrected chi connectivity index (χ2v) is 9.31. The first-order valence-electron chi connectivity index (χ1n) is 11.3. The second kappa shape index (κ2) is 9.26. The lowest BCUT2D eigenvalue weighted by molar-refractivity contribution is -0.141. The lowest BCUT2D eigenvalue weighted by atomic mass is 10.0. The molecule has 5 aromatic rings. The van der Waals surface area contributed by atoms with Gasteiger partial charge in [0.15, 0.2) is 22.3 Å². The Hall–Kier alpha value is -3.68. The summed E-state index contributed by atoms with van der Waals surface area (Å²) < 4.78 is 55.2. The standard InChI is InChI=1S/C23H17Cl2F3N8O2/c1-35-19-17(24)14(38-15-9-31-36-4-3-29-20(25)18(15)36)8-30-21(19)34-22(35)32-12-6-13(11-2-5-37-10-11)33-16(7-12)23(26,27)28/h3-4,6-9,11H,2,5,10H2,1H3,(H,30,32,33,34)/t11-/m0/s1. The predicted molar refractivity (Wildman–Crippen MR) is 132 cm³/mol. The summed E-state index contributed by atoms with van der Waals surface area (Å²) in [7, 11) is 1.66. The van der Waals surface area contributed by atoms with E-state index in [0.717, 1.165) is 6.07 Å². The molecule has 15 heteroatoms. The van der Waals surface area contributed by atoms with Gasteiger partial charge in [0.1, 0.15) is 21.7 Å². The third-order valence-electron chi connectivity index (χ3n) is 6.12. The van der Waals surface area contributed by atoms with Crippen LogP contribution < -0.4 is 10.1 Å². The van der Waals surface area contributed by atoms with Gasteiger partial charge < -0.3 is 19.4 Å². The molecule has 0 aliphatic carbocycles. The van der Waals surface area contributed by atoms with Crippen LogP contribution >= 0.6 is 23.2 Å². The molecule has 1 fully saturated rings. The van der Waals surface area contributed by atoms with Gasteiger partial charge in [-0.05, 0) is 18.6 Å². The monoisotopic (exact) mass is 564 g/mol. The summed E-state index contributed by atoms with van der Waals surface area (Å²) in [6.45, 7) is 0.791. The number of hydrogen-bond donors (Lipinski definition) is 1. The molecule has 1 atom stereocenters. The average molecular weight is 565 g/mol. The molecule has 1 aliphatic rings. The third kappa shape index (κ3) is 4.36. The first-order valence-corrected chi connectivity index (χ1v) is 12.0. The minimum atomic E-state index is -4.62. The van der Waals surface area contributed by atoms with Crippen LogP contribution in [0.3, 0.4) is 0 Å². The molecule has 0 unspecified atom stereocenters. The van der Waals surface area contributed by atoms with Crippen LogP contribution in [0.5, 0.6) is 11.5 Å². The highest BCUT2D eigenvalue weighted by molar-refractivity contribution is 6.36. The fourth-order valence-corrected chi connectivity index (χ4v) is 4.78. The Bertz CT molecular complexity index is 1680. The average Bonchev–Trinajstić information content (AvgIpc) is 3.61. The zero-order chi connectivity index (χ0) is 26.6. The maximum absolute atomic E-state index is 13.6. The van der Waals surface area contributed by atoms with Gasteiger partial charge >= 0.3 is 6.18 Å². The van der Waals surface area contributed by atoms with Crippen LogP contribution in [0.25, 0.3) is 16.7 Å². The molecule has 0 aromatic carbocycles. The Labute approximate surface area is 222 Å². The number of aromatic nitrogens is 7. The number of nitrogens with zero attached hydrogens (tertiary/aromatic N) is 7. The summed E-state index contributed by atoms with van der Waals surface area (Å²) in [5.41, 5.74) is 0.583. The van der Waals surface area contributed by atoms with Crippen LogP contribution in [0.2, 0.25) is 10.2 Å². The molecule has 6 heterocycles. The summed E-state index contributed by atoms with van der Waals surface area (Å²) in [6, 6.07) is 2.51. The number of hydrogen-bond acceptors (Lipinski definition) is 8. The van der Waals surface area contributed by atoms with Crippen molar-refractivity contribution in [3.8, 4) is 11.5 Å². The maximum atomic E-state index is 13.6. The van der Waals surface area contributed by atoms with E-state index >= 15 is 0 Å². The molecule has 1 saturated heterocycles. The zero-order valence-corrected chi connectivity index (χ0v) is 21.0. The quantitative estimate of drug-likeness (QED) is 0.287. The molecule has 0 spiro atoms. The van der Waals surface area contributed by atoms with E-state index in [4.69, 9.17) is 32.7 Å². The lowest BCUT2D eigenvalue weighted by Crippen LogP contribution is -2.13. The third-order valence-corrected chi connectivity index (χ3v) is 6.76. The van der Waals surface area contributed by atoms with Crippen molar-refractivity contribution < 1.29 is 22.6 Å². The summed E-state index contributed by atoms with van der Waals surface area (Å²) >= 11 is 12.9. The number of anilines is 2. The van der Waals surface area contributed by atoms with E-state index in [2.05, 4.69) is 30.4 Å². The maximum Gasteiger partial charge on any atom is 0.433 e. The second-order valence-electron chi connectivity index (χ2n) is 8.57. The summed E-state index contributed by atoms with van der Waals surface area (Å²) in [5.74, 6) is 0.516. The molecule has 10 nitrogen and oxygen atoms in total. The van der Waals surface area contributed by atoms with E-state index in [0.29, 0.717) is 42.1 Å². The van der Waals surface area contributed by atoms with E-state index < -0.39 is 11.9 Å². The van der Waals surface area contributed by atoms with Gasteiger partial charge in [0, 0.05) is 43.3 Å². The molecule has 0 bridgehead atoms. The molecular formula is C23H17Cl2F3N8O2. The van der Waals surface area contributed by atoms with Gasteiger partial charge in [0.2, 0.25) is 5.95 Å². The summed E-state index contributed by atoms with van der Waals surface area (Å²) in [6.07, 6.45) is 1.95. The van der Waals surface area contributed by atoms with Gasteiger partial charge in [0.05, 0.1) is 19.0 Å². The van der Waals surface area contributed by atoms with Gasteiger partial charge in [0.25, 0.3) is 0 Å². The number of ether oxygens (including phenoxy) is 2. The molecular weight excluding hydrogens is 548 g/mol. The highest BCUT2D eigenvalue weighted by Crippen LogP contribution is 2.38. The Balaban J connectivity index is 1.36. The molecule has 6 rings (SSSR count). The predicted octanol–water partition coefficient (Wildman–Crippen LogP) is 5.77. The molecule has 196 valence electrons. The number of halogens is 5. The molecule has 38 heavy (non-hydrogen) atoms. The number of aryl methyl sites for hydroxylation is 1. The van der Waals surface area contributed by atoms with Crippen molar-refractivity contribution in [3.63, 3.8) is 0 Å². The normalized spacial score (nSPS) is 16.0. The SMILES string of the molecule is Cn1c(Nc2cc([C@H]3CCOC3)nc(C(F)(F)F)c2)nc2ncc(Oc3cnn4ccnc(Cl)c34)c(Cl)c21. The van der Waals surface area contributed by atoms with Crippen LogP contribution in [-0.4, -0.2) is 47.3 Å². The van der Waals surface area contributed by atoms with E-state index in [1.165, 1.54) is 23.1 Å². The Morgan fingerprint density at radius 1 is 1.11 bits per heavy atom. The van der Waals surface area contributed by atoms with Crippen molar-refractivity contribution in [2.24, 2.45) is 7.05 Å². The van der Waals surface area contributed by atoms with E-state index in [1.807, 2.05) is 0 Å². The highest BCUT2D eigenvalue weighted by Gasteiger charge is 2.34. The topological polar surface area (TPSA) is 104 Å². The fourth-order valence-electron chi connectivity index (χ4n) is 4.24. The van der Waals surface area contributed by atoms with Crippen molar-refractivity contribution in [1.29, 1.82) is 0 Å². The minimum absolute atomic E-state index is 0.175. The molecule has 0 amide bonds. The summed E-state index contributed by atoms with van der Waals surface area (Å²) in [5, 5.41) is 7.51. The van der Waals surface area contributed by atoms with Crippen LogP contribution in [0.15, 0.2) is 36.9 Å². The van der Waals surface area contributed by atoms with Crippen LogP contribution in [0.1, 0.15) is 23.7 Å². The molecule has 1 N–H and O–H groups in total. The zero-order valence-electron chi connectivity index (χ0n) is 19.5. The largest absolute Gasteiger partial charge is 0.450 e. The van der Waals surface area contributed by atoms with Gasteiger partial charge in [-0.2, -0.15) is 23.3 Å². The molecule has 0 radical (unpaired) electrons. The number of nitrogens with one attached hydrogen (secondary N) is 1. The van der Waals surface area contributed by atoms with Crippen molar-refractivity contribution >= 4 is 51.5 Å². The summed E-state index contributed by atoms with van der Waals surface area (Å²) in [4.78, 5) is 16.6. The first-order chi connectivity index (χ1) is 18.2. The molecule has 0 saturated carbocycles. The van der Waals surface area contributed by atoms with Crippen molar-refractivity contribution in [3.05, 3.63) is 58.5 Å². The number of alkyl halides is 3. The van der Waals surface area contributed by atoms with Crippen LogP contribution in [0, 0.1) is 0 Å². The van der Waals surface area contributed by atoms with Gasteiger partial charge in [-0.3, -0.25) is 0 Å². The van der Waals surface area contributed by atoms with Gasteiger partial charge in [-0.1, -0.05) is 23.2 Å². The van der Waals surface area contributed by atoms with E-state index in [9.17, 15) is 13.2 Å². The molecule has 5 aromatic heterocycles. The minimum Gasteiger partial charge on any atom is -0.450 e. The van der Waals surface area contributed by atoms with Crippen molar-refractivity contribution in [2.75, 3.05) is 18.5 Å². The van der Waals surface area contributed by atoms with Gasteiger partial charge in [-0.15, -0.1) is 0 Å². The van der Waals surface area contributed by atoms with Crippen molar-refractivity contribution in [1.82, 2.24) is 34.1 Å². The van der Waals surface area contributed by atoms with Crippen molar-refractivity contribution in [2.45, 2.75) is 18.5 Å². The van der Waals surface area contributed by atoms with E-state index in [1.54, 1.807) is 23.9 Å². The fraction of sp³-hybridized carbons (Fsp3) is 0.261. The number of rotatable bonds is 5. The number of imidazole rings is 1. The Kier molecular flexibility index (Phi) is 6.00. The van der Waals surface area contributed by atoms with Crippen LogP contribution in [0.4, 0.5) is 24.8 Å². The first kappa shape index (κ1) is 24.6.